The van der Waals surface area contributed by atoms with Gasteiger partial charge in [-0.05, 0) is 30.9 Å². The van der Waals surface area contributed by atoms with Gasteiger partial charge in [-0.1, -0.05) is 0 Å². The molecule has 1 aliphatic heterocycles. The number of alkyl halides is 1. The maximum Gasteiger partial charge on any atom is 0.203 e. The predicted octanol–water partition coefficient (Wildman–Crippen LogP) is 3.35. The number of methoxy groups -OCH3 is 3. The van der Waals surface area contributed by atoms with Crippen molar-refractivity contribution in [3.63, 3.8) is 0 Å². The van der Waals surface area contributed by atoms with E-state index in [1.807, 2.05) is 6.07 Å². The van der Waals surface area contributed by atoms with Gasteiger partial charge in [-0.2, -0.15) is 0 Å². The second-order valence-corrected chi connectivity index (χ2v) is 5.04. The third-order valence-electron chi connectivity index (χ3n) is 3.56. The van der Waals surface area contributed by atoms with Crippen LogP contribution in [0.3, 0.4) is 0 Å². The first kappa shape index (κ1) is 15.3. The molecule has 0 amide bonds. The number of benzene rings is 1. The number of hydrogen-bond donors (Lipinski definition) is 0. The summed E-state index contributed by atoms with van der Waals surface area (Å²) < 4.78 is 22.4. The number of halogens is 1. The standard InChI is InChI=1S/C15H21ClO4/c1-17-12-9-10-5-4-8-20-11(6-7-16)13(10)15(19-3)14(12)18-2/h9,11H,4-8H2,1-3H3. The summed E-state index contributed by atoms with van der Waals surface area (Å²) in [4.78, 5) is 0. The topological polar surface area (TPSA) is 36.9 Å². The Morgan fingerprint density at radius 3 is 2.55 bits per heavy atom. The molecule has 20 heavy (non-hydrogen) atoms. The average molecular weight is 301 g/mol. The number of ether oxygens (including phenoxy) is 4. The minimum absolute atomic E-state index is 0.0558. The Balaban J connectivity index is 2.60. The van der Waals surface area contributed by atoms with E-state index in [1.165, 1.54) is 5.56 Å². The van der Waals surface area contributed by atoms with Crippen LogP contribution in [0.2, 0.25) is 0 Å². The highest BCUT2D eigenvalue weighted by atomic mass is 35.5. The van der Waals surface area contributed by atoms with Crippen LogP contribution in [0.5, 0.6) is 17.2 Å². The maximum absolute atomic E-state index is 5.92. The summed E-state index contributed by atoms with van der Waals surface area (Å²) in [6.07, 6.45) is 2.61. The largest absolute Gasteiger partial charge is 0.493 e. The molecular weight excluding hydrogens is 280 g/mol. The maximum atomic E-state index is 5.92. The SMILES string of the molecule is COc1cc2c(c(OC)c1OC)C(CCCl)OCCC2. The summed E-state index contributed by atoms with van der Waals surface area (Å²) >= 11 is 5.91. The normalized spacial score (nSPS) is 18.1. The predicted molar refractivity (Wildman–Crippen MR) is 78.4 cm³/mol. The second-order valence-electron chi connectivity index (χ2n) is 4.66. The van der Waals surface area contributed by atoms with E-state index < -0.39 is 0 Å². The molecule has 0 aromatic heterocycles. The van der Waals surface area contributed by atoms with Crippen LogP contribution in [0, 0.1) is 0 Å². The van der Waals surface area contributed by atoms with Crippen molar-refractivity contribution in [3.05, 3.63) is 17.2 Å². The molecule has 2 rings (SSSR count). The van der Waals surface area contributed by atoms with Crippen molar-refractivity contribution in [2.75, 3.05) is 33.8 Å². The van der Waals surface area contributed by atoms with Gasteiger partial charge in [-0.3, -0.25) is 0 Å². The molecule has 1 atom stereocenters. The zero-order valence-electron chi connectivity index (χ0n) is 12.2. The van der Waals surface area contributed by atoms with Gasteiger partial charge in [0.1, 0.15) is 0 Å². The quantitative estimate of drug-likeness (QED) is 0.782. The number of aryl methyl sites for hydroxylation is 1. The Bertz CT molecular complexity index is 462. The van der Waals surface area contributed by atoms with Crippen molar-refractivity contribution >= 4 is 11.6 Å². The van der Waals surface area contributed by atoms with Gasteiger partial charge in [-0.15, -0.1) is 11.6 Å². The van der Waals surface area contributed by atoms with Crippen LogP contribution in [0.15, 0.2) is 6.07 Å². The molecule has 1 aliphatic rings. The first-order valence-corrected chi connectivity index (χ1v) is 7.29. The van der Waals surface area contributed by atoms with Crippen molar-refractivity contribution in [1.29, 1.82) is 0 Å². The molecule has 0 saturated heterocycles. The van der Waals surface area contributed by atoms with E-state index in [0.29, 0.717) is 23.1 Å². The summed E-state index contributed by atoms with van der Waals surface area (Å²) in [6.45, 7) is 0.726. The first-order chi connectivity index (χ1) is 9.76. The fourth-order valence-electron chi connectivity index (χ4n) is 2.69. The van der Waals surface area contributed by atoms with Gasteiger partial charge in [0.2, 0.25) is 5.75 Å². The summed E-state index contributed by atoms with van der Waals surface area (Å²) in [5.41, 5.74) is 2.23. The monoisotopic (exact) mass is 300 g/mol. The third kappa shape index (κ3) is 2.81. The summed E-state index contributed by atoms with van der Waals surface area (Å²) in [7, 11) is 4.88. The summed E-state index contributed by atoms with van der Waals surface area (Å²) in [5, 5.41) is 0. The molecule has 4 nitrogen and oxygen atoms in total. The Kier molecular flexibility index (Phi) is 5.38. The Morgan fingerprint density at radius 2 is 1.95 bits per heavy atom. The molecule has 0 aliphatic carbocycles. The van der Waals surface area contributed by atoms with Gasteiger partial charge in [-0.25, -0.2) is 0 Å². The summed E-state index contributed by atoms with van der Waals surface area (Å²) in [5.74, 6) is 2.54. The Labute approximate surface area is 124 Å². The molecule has 112 valence electrons. The molecule has 1 aromatic carbocycles. The van der Waals surface area contributed by atoms with Gasteiger partial charge in [0.15, 0.2) is 11.5 Å². The van der Waals surface area contributed by atoms with Crippen molar-refractivity contribution in [2.45, 2.75) is 25.4 Å². The molecule has 1 heterocycles. The highest BCUT2D eigenvalue weighted by molar-refractivity contribution is 6.17. The number of hydrogen-bond acceptors (Lipinski definition) is 4. The van der Waals surface area contributed by atoms with Gasteiger partial charge < -0.3 is 18.9 Å². The Hall–Kier alpha value is -1.13. The fraction of sp³-hybridized carbons (Fsp3) is 0.600. The molecule has 0 radical (unpaired) electrons. The van der Waals surface area contributed by atoms with Crippen LogP contribution in [-0.4, -0.2) is 33.8 Å². The first-order valence-electron chi connectivity index (χ1n) is 6.76. The van der Waals surface area contributed by atoms with E-state index in [2.05, 4.69) is 0 Å². The minimum Gasteiger partial charge on any atom is -0.493 e. The highest BCUT2D eigenvalue weighted by Gasteiger charge is 2.28. The number of rotatable bonds is 5. The molecule has 0 fully saturated rings. The van der Waals surface area contributed by atoms with Crippen molar-refractivity contribution in [2.24, 2.45) is 0 Å². The lowest BCUT2D eigenvalue weighted by atomic mass is 9.96. The lowest BCUT2D eigenvalue weighted by Crippen LogP contribution is -2.09. The lowest BCUT2D eigenvalue weighted by Gasteiger charge is -2.23. The van der Waals surface area contributed by atoms with Crippen molar-refractivity contribution in [1.82, 2.24) is 0 Å². The van der Waals surface area contributed by atoms with E-state index in [1.54, 1.807) is 21.3 Å². The molecule has 0 saturated carbocycles. The van der Waals surface area contributed by atoms with Crippen LogP contribution in [0.1, 0.15) is 30.1 Å². The van der Waals surface area contributed by atoms with Gasteiger partial charge in [0.05, 0.1) is 27.4 Å². The highest BCUT2D eigenvalue weighted by Crippen LogP contribution is 2.47. The van der Waals surface area contributed by atoms with Crippen LogP contribution in [0.4, 0.5) is 0 Å². The zero-order chi connectivity index (χ0) is 14.5. The van der Waals surface area contributed by atoms with Crippen LogP contribution in [0.25, 0.3) is 0 Å². The van der Waals surface area contributed by atoms with Crippen LogP contribution in [-0.2, 0) is 11.2 Å². The fourth-order valence-corrected chi connectivity index (χ4v) is 2.89. The van der Waals surface area contributed by atoms with Gasteiger partial charge >= 0.3 is 0 Å². The van der Waals surface area contributed by atoms with E-state index in [0.717, 1.165) is 31.4 Å². The molecule has 0 spiro atoms. The van der Waals surface area contributed by atoms with E-state index in [9.17, 15) is 0 Å². The van der Waals surface area contributed by atoms with Gasteiger partial charge in [0, 0.05) is 18.1 Å². The number of fused-ring (bicyclic) bond motifs is 1. The van der Waals surface area contributed by atoms with E-state index >= 15 is 0 Å². The second kappa shape index (κ2) is 7.04. The molecular formula is C15H21ClO4. The van der Waals surface area contributed by atoms with E-state index in [4.69, 9.17) is 30.5 Å². The van der Waals surface area contributed by atoms with E-state index in [-0.39, 0.29) is 6.10 Å². The lowest BCUT2D eigenvalue weighted by molar-refractivity contribution is 0.0528. The van der Waals surface area contributed by atoms with Crippen LogP contribution < -0.4 is 14.2 Å². The molecule has 1 aromatic rings. The van der Waals surface area contributed by atoms with Crippen LogP contribution >= 0.6 is 11.6 Å². The molecule has 0 bridgehead atoms. The Morgan fingerprint density at radius 1 is 1.20 bits per heavy atom. The average Bonchev–Trinajstić information content (AvgIpc) is 2.68. The summed E-state index contributed by atoms with van der Waals surface area (Å²) in [6, 6.07) is 2.02. The third-order valence-corrected chi connectivity index (χ3v) is 3.78. The molecule has 0 N–H and O–H groups in total. The van der Waals surface area contributed by atoms with Crippen molar-refractivity contribution < 1.29 is 18.9 Å². The smallest absolute Gasteiger partial charge is 0.203 e. The van der Waals surface area contributed by atoms with Crippen molar-refractivity contribution in [3.8, 4) is 17.2 Å². The zero-order valence-corrected chi connectivity index (χ0v) is 13.0. The molecule has 5 heteroatoms. The molecule has 1 unspecified atom stereocenters. The minimum atomic E-state index is -0.0558. The van der Waals surface area contributed by atoms with Gasteiger partial charge in [0.25, 0.3) is 0 Å².